The third-order valence-corrected chi connectivity index (χ3v) is 2.83. The Bertz CT molecular complexity index is 336. The molecule has 1 aliphatic rings. The smallest absolute Gasteiger partial charge is 0.242 e. The van der Waals surface area contributed by atoms with Gasteiger partial charge in [-0.2, -0.15) is 5.26 Å². The first kappa shape index (κ1) is 12.5. The van der Waals surface area contributed by atoms with Crippen molar-refractivity contribution in [1.29, 1.82) is 5.26 Å². The summed E-state index contributed by atoms with van der Waals surface area (Å²) in [7, 11) is 0. The minimum atomic E-state index is -0.974. The van der Waals surface area contributed by atoms with E-state index in [1.807, 2.05) is 6.07 Å². The lowest BCUT2D eigenvalue weighted by Gasteiger charge is -2.36. The van der Waals surface area contributed by atoms with E-state index in [1.165, 1.54) is 6.92 Å². The lowest BCUT2D eigenvalue weighted by atomic mass is 9.93. The average molecular weight is 223 g/mol. The van der Waals surface area contributed by atoms with Crippen molar-refractivity contribution in [3.63, 3.8) is 0 Å². The Morgan fingerprint density at radius 2 is 1.56 bits per heavy atom. The van der Waals surface area contributed by atoms with E-state index in [4.69, 9.17) is 5.26 Å². The summed E-state index contributed by atoms with van der Waals surface area (Å²) >= 11 is 0. The van der Waals surface area contributed by atoms with Crippen LogP contribution in [-0.4, -0.2) is 47.8 Å². The fraction of sp³-hybridized carbons (Fsp3) is 0.727. The Morgan fingerprint density at radius 1 is 1.12 bits per heavy atom. The van der Waals surface area contributed by atoms with E-state index in [9.17, 15) is 9.59 Å². The molecule has 0 saturated carbocycles. The molecule has 0 atom stereocenters. The molecule has 2 amide bonds. The number of rotatable bonds is 1. The molecule has 0 aliphatic carbocycles. The van der Waals surface area contributed by atoms with Gasteiger partial charge in [0.2, 0.25) is 11.8 Å². The van der Waals surface area contributed by atoms with E-state index in [-0.39, 0.29) is 11.8 Å². The summed E-state index contributed by atoms with van der Waals surface area (Å²) in [4.78, 5) is 26.4. The van der Waals surface area contributed by atoms with Crippen molar-refractivity contribution < 1.29 is 9.59 Å². The van der Waals surface area contributed by atoms with E-state index in [0.29, 0.717) is 26.2 Å². The van der Waals surface area contributed by atoms with Crippen LogP contribution in [0.1, 0.15) is 20.8 Å². The number of hydrogen-bond acceptors (Lipinski definition) is 3. The first-order chi connectivity index (χ1) is 7.38. The fourth-order valence-electron chi connectivity index (χ4n) is 1.67. The molecule has 0 aromatic carbocycles. The van der Waals surface area contributed by atoms with Crippen molar-refractivity contribution >= 4 is 11.8 Å². The third kappa shape index (κ3) is 2.51. The van der Waals surface area contributed by atoms with Gasteiger partial charge >= 0.3 is 0 Å². The molecule has 5 nitrogen and oxygen atoms in total. The fourth-order valence-corrected chi connectivity index (χ4v) is 1.67. The maximum atomic E-state index is 11.9. The van der Waals surface area contributed by atoms with Crippen LogP contribution in [0.15, 0.2) is 0 Å². The largest absolute Gasteiger partial charge is 0.339 e. The summed E-state index contributed by atoms with van der Waals surface area (Å²) in [6, 6.07) is 2.00. The number of hydrogen-bond donors (Lipinski definition) is 0. The van der Waals surface area contributed by atoms with Crippen LogP contribution in [0.2, 0.25) is 0 Å². The number of nitrogens with zero attached hydrogens (tertiary/aromatic N) is 3. The van der Waals surface area contributed by atoms with Gasteiger partial charge in [0, 0.05) is 33.1 Å². The Labute approximate surface area is 95.6 Å². The van der Waals surface area contributed by atoms with E-state index in [2.05, 4.69) is 0 Å². The van der Waals surface area contributed by atoms with Crippen molar-refractivity contribution in [2.24, 2.45) is 5.41 Å². The van der Waals surface area contributed by atoms with E-state index in [0.717, 1.165) is 0 Å². The first-order valence-corrected chi connectivity index (χ1v) is 5.34. The average Bonchev–Trinajstić information content (AvgIpc) is 2.28. The van der Waals surface area contributed by atoms with Gasteiger partial charge < -0.3 is 9.80 Å². The van der Waals surface area contributed by atoms with Gasteiger partial charge in [0.1, 0.15) is 5.41 Å². The minimum Gasteiger partial charge on any atom is -0.339 e. The molecule has 1 saturated heterocycles. The second-order valence-electron chi connectivity index (χ2n) is 4.54. The summed E-state index contributed by atoms with van der Waals surface area (Å²) < 4.78 is 0. The van der Waals surface area contributed by atoms with Crippen molar-refractivity contribution in [1.82, 2.24) is 9.80 Å². The molecule has 0 bridgehead atoms. The highest BCUT2D eigenvalue weighted by Crippen LogP contribution is 2.18. The Hall–Kier alpha value is -1.57. The molecule has 0 spiro atoms. The van der Waals surface area contributed by atoms with Crippen LogP contribution in [0.3, 0.4) is 0 Å². The molecule has 1 fully saturated rings. The molecule has 5 heteroatoms. The molecular weight excluding hydrogens is 206 g/mol. The number of nitriles is 1. The van der Waals surface area contributed by atoms with Crippen LogP contribution in [0, 0.1) is 16.7 Å². The van der Waals surface area contributed by atoms with Crippen molar-refractivity contribution in [3.8, 4) is 6.07 Å². The molecule has 0 aromatic heterocycles. The maximum absolute atomic E-state index is 11.9. The van der Waals surface area contributed by atoms with Gasteiger partial charge in [-0.3, -0.25) is 9.59 Å². The molecular formula is C11H17N3O2. The molecule has 1 aliphatic heterocycles. The van der Waals surface area contributed by atoms with E-state index >= 15 is 0 Å². The Balaban J connectivity index is 2.59. The number of carbonyl (C=O) groups excluding carboxylic acids is 2. The predicted octanol–water partition coefficient (Wildman–Crippen LogP) is 0.227. The van der Waals surface area contributed by atoms with E-state index in [1.54, 1.807) is 23.6 Å². The van der Waals surface area contributed by atoms with Crippen LogP contribution in [0.5, 0.6) is 0 Å². The second-order valence-corrected chi connectivity index (χ2v) is 4.54. The minimum absolute atomic E-state index is 0.0339. The summed E-state index contributed by atoms with van der Waals surface area (Å²) in [6.45, 7) is 6.91. The van der Waals surface area contributed by atoms with Crippen molar-refractivity contribution in [2.45, 2.75) is 20.8 Å². The number of piperazine rings is 1. The molecule has 0 radical (unpaired) electrons. The number of carbonyl (C=O) groups is 2. The predicted molar refractivity (Wildman–Crippen MR) is 58.2 cm³/mol. The van der Waals surface area contributed by atoms with Crippen LogP contribution in [0.4, 0.5) is 0 Å². The molecule has 1 heterocycles. The highest BCUT2D eigenvalue weighted by Gasteiger charge is 2.33. The maximum Gasteiger partial charge on any atom is 0.242 e. The van der Waals surface area contributed by atoms with Crippen LogP contribution in [-0.2, 0) is 9.59 Å². The second kappa shape index (κ2) is 4.52. The van der Waals surface area contributed by atoms with Crippen molar-refractivity contribution in [3.05, 3.63) is 0 Å². The van der Waals surface area contributed by atoms with Gasteiger partial charge in [0.05, 0.1) is 6.07 Å². The first-order valence-electron chi connectivity index (χ1n) is 5.34. The normalized spacial score (nSPS) is 16.9. The highest BCUT2D eigenvalue weighted by atomic mass is 16.2. The molecule has 0 N–H and O–H groups in total. The lowest BCUT2D eigenvalue weighted by molar-refractivity contribution is -0.142. The van der Waals surface area contributed by atoms with Crippen LogP contribution < -0.4 is 0 Å². The molecule has 16 heavy (non-hydrogen) atoms. The zero-order valence-corrected chi connectivity index (χ0v) is 9.99. The quantitative estimate of drug-likeness (QED) is 0.639. The third-order valence-electron chi connectivity index (χ3n) is 2.83. The summed E-state index contributed by atoms with van der Waals surface area (Å²) in [6.07, 6.45) is 0. The standard InChI is InChI=1S/C11H17N3O2/c1-9(15)13-4-6-14(7-5-13)10(16)11(2,3)8-12/h4-7H2,1-3H3. The van der Waals surface area contributed by atoms with Gasteiger partial charge in [-0.1, -0.05) is 0 Å². The molecule has 0 aromatic rings. The van der Waals surface area contributed by atoms with Crippen LogP contribution >= 0.6 is 0 Å². The van der Waals surface area contributed by atoms with Crippen molar-refractivity contribution in [2.75, 3.05) is 26.2 Å². The van der Waals surface area contributed by atoms with Gasteiger partial charge in [0.25, 0.3) is 0 Å². The zero-order valence-electron chi connectivity index (χ0n) is 9.99. The molecule has 88 valence electrons. The Morgan fingerprint density at radius 3 is 1.94 bits per heavy atom. The zero-order chi connectivity index (χ0) is 12.3. The van der Waals surface area contributed by atoms with E-state index < -0.39 is 5.41 Å². The van der Waals surface area contributed by atoms with Gasteiger partial charge in [-0.15, -0.1) is 0 Å². The summed E-state index contributed by atoms with van der Waals surface area (Å²) in [5.41, 5.74) is -0.974. The molecule has 1 rings (SSSR count). The lowest BCUT2D eigenvalue weighted by Crippen LogP contribution is -2.52. The van der Waals surface area contributed by atoms with Gasteiger partial charge in [0.15, 0.2) is 0 Å². The highest BCUT2D eigenvalue weighted by molar-refractivity contribution is 5.85. The monoisotopic (exact) mass is 223 g/mol. The number of amides is 2. The topological polar surface area (TPSA) is 64.4 Å². The summed E-state index contributed by atoms with van der Waals surface area (Å²) in [5.74, 6) is -0.121. The molecule has 0 unspecified atom stereocenters. The van der Waals surface area contributed by atoms with Crippen LogP contribution in [0.25, 0.3) is 0 Å². The van der Waals surface area contributed by atoms with Gasteiger partial charge in [-0.25, -0.2) is 0 Å². The van der Waals surface area contributed by atoms with Gasteiger partial charge in [-0.05, 0) is 13.8 Å². The summed E-state index contributed by atoms with van der Waals surface area (Å²) in [5, 5.41) is 8.87. The Kier molecular flexibility index (Phi) is 3.53. The SMILES string of the molecule is CC(=O)N1CCN(C(=O)C(C)(C)C#N)CC1.